The fraction of sp³-hybridized carbons (Fsp3) is 0.385. The molecule has 1 amide bonds. The average Bonchev–Trinajstić information content (AvgIpc) is 2.75. The van der Waals surface area contributed by atoms with E-state index in [1.54, 1.807) is 7.11 Å². The first kappa shape index (κ1) is 13.8. The molecule has 0 aliphatic heterocycles. The van der Waals surface area contributed by atoms with E-state index in [2.05, 4.69) is 10.3 Å². The summed E-state index contributed by atoms with van der Waals surface area (Å²) in [6.45, 7) is 3.18. The van der Waals surface area contributed by atoms with E-state index in [-0.39, 0.29) is 5.91 Å². The molecule has 0 radical (unpaired) electrons. The van der Waals surface area contributed by atoms with Crippen LogP contribution in [0.15, 0.2) is 12.1 Å². The SMILES string of the molecule is COCCCNC(=O)c1cc(C)c2nc(N)sc2c1. The number of carbonyl (C=O) groups excluding carboxylic acids is 1. The summed E-state index contributed by atoms with van der Waals surface area (Å²) in [7, 11) is 1.65. The third kappa shape index (κ3) is 3.21. The maximum atomic E-state index is 12.0. The fourth-order valence-electron chi connectivity index (χ4n) is 1.87. The molecule has 0 bridgehead atoms. The van der Waals surface area contributed by atoms with Gasteiger partial charge in [0.05, 0.1) is 10.2 Å². The Labute approximate surface area is 115 Å². The largest absolute Gasteiger partial charge is 0.385 e. The average molecular weight is 279 g/mol. The van der Waals surface area contributed by atoms with Crippen molar-refractivity contribution in [2.24, 2.45) is 0 Å². The standard InChI is InChI=1S/C13H17N3O2S/c1-8-6-9(12(17)15-4-3-5-18-2)7-10-11(8)16-13(14)19-10/h6-7H,3-5H2,1-2H3,(H2,14,16)(H,15,17). The Hall–Kier alpha value is -1.66. The molecule has 5 nitrogen and oxygen atoms in total. The molecule has 0 aliphatic carbocycles. The molecule has 6 heteroatoms. The van der Waals surface area contributed by atoms with Gasteiger partial charge in [-0.3, -0.25) is 4.79 Å². The second kappa shape index (κ2) is 5.99. The van der Waals surface area contributed by atoms with Crippen molar-refractivity contribution in [2.75, 3.05) is 26.0 Å². The number of rotatable bonds is 5. The highest BCUT2D eigenvalue weighted by atomic mass is 32.1. The number of hydrogen-bond donors (Lipinski definition) is 2. The lowest BCUT2D eigenvalue weighted by molar-refractivity contribution is 0.0948. The van der Waals surface area contributed by atoms with Gasteiger partial charge in [0, 0.05) is 25.8 Å². The summed E-state index contributed by atoms with van der Waals surface area (Å²) in [5.41, 5.74) is 8.18. The Morgan fingerprint density at radius 3 is 3.05 bits per heavy atom. The van der Waals surface area contributed by atoms with E-state index < -0.39 is 0 Å². The molecule has 3 N–H and O–H groups in total. The topological polar surface area (TPSA) is 77.2 Å². The molecule has 2 rings (SSSR count). The zero-order chi connectivity index (χ0) is 13.8. The Kier molecular flexibility index (Phi) is 4.34. The summed E-state index contributed by atoms with van der Waals surface area (Å²) < 4.78 is 5.88. The number of amides is 1. The van der Waals surface area contributed by atoms with E-state index in [9.17, 15) is 4.79 Å². The van der Waals surface area contributed by atoms with Gasteiger partial charge in [0.2, 0.25) is 0 Å². The van der Waals surface area contributed by atoms with E-state index in [0.717, 1.165) is 22.2 Å². The smallest absolute Gasteiger partial charge is 0.251 e. The van der Waals surface area contributed by atoms with E-state index >= 15 is 0 Å². The van der Waals surface area contributed by atoms with Gasteiger partial charge in [-0.25, -0.2) is 4.98 Å². The van der Waals surface area contributed by atoms with Crippen molar-refractivity contribution in [2.45, 2.75) is 13.3 Å². The Bertz CT molecular complexity index is 595. The van der Waals surface area contributed by atoms with Crippen molar-refractivity contribution in [3.63, 3.8) is 0 Å². The van der Waals surface area contributed by atoms with Gasteiger partial charge in [-0.2, -0.15) is 0 Å². The number of nitrogen functional groups attached to an aromatic ring is 1. The van der Waals surface area contributed by atoms with E-state index in [1.165, 1.54) is 11.3 Å². The summed E-state index contributed by atoms with van der Waals surface area (Å²) in [5, 5.41) is 3.39. The van der Waals surface area contributed by atoms with Gasteiger partial charge >= 0.3 is 0 Å². The molecule has 0 atom stereocenters. The lowest BCUT2D eigenvalue weighted by atomic mass is 10.1. The number of nitrogens with zero attached hydrogens (tertiary/aromatic N) is 1. The van der Waals surface area contributed by atoms with Crippen molar-refractivity contribution in [1.29, 1.82) is 0 Å². The van der Waals surface area contributed by atoms with Crippen LogP contribution in [0, 0.1) is 6.92 Å². The van der Waals surface area contributed by atoms with Crippen LogP contribution in [0.25, 0.3) is 10.2 Å². The van der Waals surface area contributed by atoms with Crippen molar-refractivity contribution in [1.82, 2.24) is 10.3 Å². The number of fused-ring (bicyclic) bond motifs is 1. The van der Waals surface area contributed by atoms with Gasteiger partial charge < -0.3 is 15.8 Å². The number of carbonyl (C=O) groups is 1. The summed E-state index contributed by atoms with van der Waals surface area (Å²) in [6.07, 6.45) is 0.803. The number of ether oxygens (including phenoxy) is 1. The Morgan fingerprint density at radius 1 is 1.53 bits per heavy atom. The third-order valence-electron chi connectivity index (χ3n) is 2.78. The molecular weight excluding hydrogens is 262 g/mol. The molecule has 0 spiro atoms. The van der Waals surface area contributed by atoms with E-state index in [1.807, 2.05) is 19.1 Å². The zero-order valence-corrected chi connectivity index (χ0v) is 11.8. The first-order chi connectivity index (χ1) is 9.11. The summed E-state index contributed by atoms with van der Waals surface area (Å²) >= 11 is 1.40. The summed E-state index contributed by atoms with van der Waals surface area (Å²) in [6, 6.07) is 3.68. The molecule has 0 unspecified atom stereocenters. The quantitative estimate of drug-likeness (QED) is 0.820. The minimum Gasteiger partial charge on any atom is -0.385 e. The molecule has 0 saturated heterocycles. The van der Waals surface area contributed by atoms with Crippen molar-refractivity contribution < 1.29 is 9.53 Å². The number of aryl methyl sites for hydroxylation is 1. The van der Waals surface area contributed by atoms with Crippen molar-refractivity contribution >= 4 is 32.6 Å². The third-order valence-corrected chi connectivity index (χ3v) is 3.61. The molecule has 1 aromatic heterocycles. The first-order valence-electron chi connectivity index (χ1n) is 6.05. The number of aromatic nitrogens is 1. The lowest BCUT2D eigenvalue weighted by Crippen LogP contribution is -2.25. The summed E-state index contributed by atoms with van der Waals surface area (Å²) in [5.74, 6) is -0.0759. The molecule has 0 aliphatic rings. The maximum Gasteiger partial charge on any atom is 0.251 e. The molecule has 2 aromatic rings. The van der Waals surface area contributed by atoms with Crippen LogP contribution in [0.1, 0.15) is 22.3 Å². The zero-order valence-electron chi connectivity index (χ0n) is 11.0. The van der Waals surface area contributed by atoms with Gasteiger partial charge in [0.25, 0.3) is 5.91 Å². The number of nitrogens with two attached hydrogens (primary N) is 1. The molecule has 19 heavy (non-hydrogen) atoms. The van der Waals surface area contributed by atoms with E-state index in [0.29, 0.717) is 23.8 Å². The second-order valence-electron chi connectivity index (χ2n) is 4.29. The van der Waals surface area contributed by atoms with Crippen LogP contribution >= 0.6 is 11.3 Å². The van der Waals surface area contributed by atoms with Crippen LogP contribution in [-0.4, -0.2) is 31.2 Å². The number of thiazole rings is 1. The first-order valence-corrected chi connectivity index (χ1v) is 6.87. The molecule has 1 aromatic carbocycles. The van der Waals surface area contributed by atoms with Crippen LogP contribution in [0.3, 0.4) is 0 Å². The molecule has 0 fully saturated rings. The van der Waals surface area contributed by atoms with Gasteiger partial charge in [-0.1, -0.05) is 11.3 Å². The highest BCUT2D eigenvalue weighted by Gasteiger charge is 2.11. The van der Waals surface area contributed by atoms with Crippen LogP contribution in [0.5, 0.6) is 0 Å². The highest BCUT2D eigenvalue weighted by molar-refractivity contribution is 7.22. The minimum absolute atomic E-state index is 0.0759. The van der Waals surface area contributed by atoms with Crippen LogP contribution < -0.4 is 11.1 Å². The molecular formula is C13H17N3O2S. The van der Waals surface area contributed by atoms with Crippen molar-refractivity contribution in [3.8, 4) is 0 Å². The number of benzene rings is 1. The predicted molar refractivity (Wildman–Crippen MR) is 77.6 cm³/mol. The van der Waals surface area contributed by atoms with Gasteiger partial charge in [-0.05, 0) is 31.0 Å². The molecule has 1 heterocycles. The summed E-state index contributed by atoms with van der Waals surface area (Å²) in [4.78, 5) is 16.3. The Morgan fingerprint density at radius 2 is 2.32 bits per heavy atom. The highest BCUT2D eigenvalue weighted by Crippen LogP contribution is 2.27. The number of hydrogen-bond acceptors (Lipinski definition) is 5. The molecule has 102 valence electrons. The van der Waals surface area contributed by atoms with Gasteiger partial charge in [-0.15, -0.1) is 0 Å². The molecule has 0 saturated carbocycles. The minimum atomic E-state index is -0.0759. The lowest BCUT2D eigenvalue weighted by Gasteiger charge is -2.06. The van der Waals surface area contributed by atoms with Crippen LogP contribution in [-0.2, 0) is 4.74 Å². The Balaban J connectivity index is 2.13. The monoisotopic (exact) mass is 279 g/mol. The van der Waals surface area contributed by atoms with Gasteiger partial charge in [0.15, 0.2) is 5.13 Å². The van der Waals surface area contributed by atoms with Crippen molar-refractivity contribution in [3.05, 3.63) is 23.3 Å². The number of methoxy groups -OCH3 is 1. The normalized spacial score (nSPS) is 10.8. The van der Waals surface area contributed by atoms with Crippen LogP contribution in [0.2, 0.25) is 0 Å². The fourth-order valence-corrected chi connectivity index (χ4v) is 2.72. The van der Waals surface area contributed by atoms with Crippen LogP contribution in [0.4, 0.5) is 5.13 Å². The maximum absolute atomic E-state index is 12.0. The number of nitrogens with one attached hydrogen (secondary N) is 1. The second-order valence-corrected chi connectivity index (χ2v) is 5.36. The van der Waals surface area contributed by atoms with E-state index in [4.69, 9.17) is 10.5 Å². The van der Waals surface area contributed by atoms with Gasteiger partial charge in [0.1, 0.15) is 0 Å². The predicted octanol–water partition coefficient (Wildman–Crippen LogP) is 1.95. The number of anilines is 1.